The Labute approximate surface area is 109 Å². The number of ether oxygens (including phenoxy) is 1. The molecule has 0 spiro atoms. The molecule has 1 aromatic rings. The van der Waals surface area contributed by atoms with Gasteiger partial charge < -0.3 is 10.1 Å². The topological polar surface area (TPSA) is 21.3 Å². The minimum absolute atomic E-state index is 0.102. The second kappa shape index (κ2) is 7.00. The van der Waals surface area contributed by atoms with Crippen LogP contribution in [0.5, 0.6) is 0 Å². The minimum Gasteiger partial charge on any atom is -0.369 e. The van der Waals surface area contributed by atoms with Crippen molar-refractivity contribution in [2.75, 3.05) is 13.1 Å². The van der Waals surface area contributed by atoms with Crippen molar-refractivity contribution in [1.29, 1.82) is 0 Å². The predicted octanol–water partition coefficient (Wildman–Crippen LogP) is 3.63. The molecule has 0 aliphatic rings. The molecule has 0 heterocycles. The van der Waals surface area contributed by atoms with Crippen molar-refractivity contribution in [3.05, 3.63) is 34.9 Å². The number of halogens is 1. The molecule has 0 radical (unpaired) electrons. The van der Waals surface area contributed by atoms with Gasteiger partial charge in [0, 0.05) is 11.6 Å². The molecule has 0 aromatic heterocycles. The molecule has 1 unspecified atom stereocenters. The Morgan fingerprint density at radius 3 is 2.41 bits per heavy atom. The van der Waals surface area contributed by atoms with Crippen LogP contribution in [-0.2, 0) is 11.3 Å². The first-order valence-corrected chi connectivity index (χ1v) is 6.56. The van der Waals surface area contributed by atoms with Gasteiger partial charge >= 0.3 is 0 Å². The summed E-state index contributed by atoms with van der Waals surface area (Å²) in [4.78, 5) is 0. The molecule has 0 fully saturated rings. The van der Waals surface area contributed by atoms with E-state index < -0.39 is 0 Å². The predicted molar refractivity (Wildman–Crippen MR) is 73.5 cm³/mol. The molecule has 0 aliphatic carbocycles. The fraction of sp³-hybridized carbons (Fsp3) is 0.571. The SMILES string of the molecule is CCNCC(C)(CC)OCc1ccc(Cl)cc1. The molecule has 17 heavy (non-hydrogen) atoms. The van der Waals surface area contributed by atoms with Gasteiger partial charge in [-0.05, 0) is 37.6 Å². The number of likely N-dealkylation sites (N-methyl/N-ethyl adjacent to an activating group) is 1. The summed E-state index contributed by atoms with van der Waals surface area (Å²) in [7, 11) is 0. The summed E-state index contributed by atoms with van der Waals surface area (Å²) in [6.45, 7) is 8.89. The van der Waals surface area contributed by atoms with Gasteiger partial charge in [-0.15, -0.1) is 0 Å². The van der Waals surface area contributed by atoms with Gasteiger partial charge in [0.2, 0.25) is 0 Å². The minimum atomic E-state index is -0.102. The molecule has 0 amide bonds. The zero-order chi connectivity index (χ0) is 12.7. The molecule has 0 aliphatic heterocycles. The second-order valence-electron chi connectivity index (χ2n) is 4.50. The van der Waals surface area contributed by atoms with E-state index in [1.54, 1.807) is 0 Å². The molecule has 1 N–H and O–H groups in total. The van der Waals surface area contributed by atoms with Crippen LogP contribution in [0, 0.1) is 0 Å². The second-order valence-corrected chi connectivity index (χ2v) is 4.94. The number of rotatable bonds is 7. The zero-order valence-corrected chi connectivity index (χ0v) is 11.7. The van der Waals surface area contributed by atoms with Gasteiger partial charge in [-0.1, -0.05) is 37.6 Å². The van der Waals surface area contributed by atoms with E-state index in [9.17, 15) is 0 Å². The van der Waals surface area contributed by atoms with E-state index in [1.165, 1.54) is 0 Å². The Morgan fingerprint density at radius 2 is 1.88 bits per heavy atom. The quantitative estimate of drug-likeness (QED) is 0.803. The summed E-state index contributed by atoms with van der Waals surface area (Å²) in [5.74, 6) is 0. The average Bonchev–Trinajstić information content (AvgIpc) is 2.36. The van der Waals surface area contributed by atoms with Gasteiger partial charge in [0.1, 0.15) is 0 Å². The molecule has 96 valence electrons. The van der Waals surface area contributed by atoms with E-state index >= 15 is 0 Å². The number of benzene rings is 1. The molecular weight excluding hydrogens is 234 g/mol. The van der Waals surface area contributed by atoms with E-state index in [2.05, 4.69) is 26.1 Å². The summed E-state index contributed by atoms with van der Waals surface area (Å²) in [6.07, 6.45) is 0.994. The van der Waals surface area contributed by atoms with E-state index in [1.807, 2.05) is 24.3 Å². The van der Waals surface area contributed by atoms with Crippen LogP contribution in [-0.4, -0.2) is 18.7 Å². The highest BCUT2D eigenvalue weighted by Crippen LogP contribution is 2.18. The fourth-order valence-electron chi connectivity index (χ4n) is 1.51. The third-order valence-corrected chi connectivity index (χ3v) is 3.25. The molecule has 0 bridgehead atoms. The Kier molecular flexibility index (Phi) is 5.96. The first kappa shape index (κ1) is 14.5. The van der Waals surface area contributed by atoms with Crippen LogP contribution in [0.3, 0.4) is 0 Å². The molecular formula is C14H22ClNO. The van der Waals surface area contributed by atoms with Crippen molar-refractivity contribution < 1.29 is 4.74 Å². The number of nitrogens with one attached hydrogen (secondary N) is 1. The maximum absolute atomic E-state index is 6.00. The lowest BCUT2D eigenvalue weighted by Crippen LogP contribution is -2.39. The molecule has 3 heteroatoms. The lowest BCUT2D eigenvalue weighted by Gasteiger charge is -2.29. The maximum Gasteiger partial charge on any atom is 0.0780 e. The summed E-state index contributed by atoms with van der Waals surface area (Å²) in [6, 6.07) is 7.80. The smallest absolute Gasteiger partial charge is 0.0780 e. The van der Waals surface area contributed by atoms with Crippen LogP contribution < -0.4 is 5.32 Å². The molecule has 2 nitrogen and oxygen atoms in total. The van der Waals surface area contributed by atoms with E-state index in [-0.39, 0.29) is 5.60 Å². The van der Waals surface area contributed by atoms with Crippen LogP contribution >= 0.6 is 11.6 Å². The number of hydrogen-bond acceptors (Lipinski definition) is 2. The monoisotopic (exact) mass is 255 g/mol. The Morgan fingerprint density at radius 1 is 1.24 bits per heavy atom. The first-order valence-electron chi connectivity index (χ1n) is 6.19. The van der Waals surface area contributed by atoms with Crippen molar-refractivity contribution in [2.45, 2.75) is 39.4 Å². The van der Waals surface area contributed by atoms with Gasteiger partial charge in [0.25, 0.3) is 0 Å². The largest absolute Gasteiger partial charge is 0.369 e. The molecule has 1 aromatic carbocycles. The summed E-state index contributed by atoms with van der Waals surface area (Å²) in [5, 5.41) is 4.10. The van der Waals surface area contributed by atoms with Crippen LogP contribution in [0.15, 0.2) is 24.3 Å². The van der Waals surface area contributed by atoms with Gasteiger partial charge in [0.15, 0.2) is 0 Å². The highest BCUT2D eigenvalue weighted by atomic mass is 35.5. The van der Waals surface area contributed by atoms with Crippen LogP contribution in [0.2, 0.25) is 5.02 Å². The van der Waals surface area contributed by atoms with Gasteiger partial charge in [0.05, 0.1) is 12.2 Å². The maximum atomic E-state index is 6.00. The van der Waals surface area contributed by atoms with Crippen LogP contribution in [0.4, 0.5) is 0 Å². The van der Waals surface area contributed by atoms with Gasteiger partial charge in [-0.25, -0.2) is 0 Å². The normalized spacial score (nSPS) is 14.6. The molecule has 1 rings (SSSR count). The van der Waals surface area contributed by atoms with Crippen LogP contribution in [0.25, 0.3) is 0 Å². The third-order valence-electron chi connectivity index (χ3n) is 3.00. The van der Waals surface area contributed by atoms with Crippen molar-refractivity contribution in [3.8, 4) is 0 Å². The summed E-state index contributed by atoms with van der Waals surface area (Å²) < 4.78 is 6.00. The standard InChI is InChI=1S/C14H22ClNO/c1-4-14(3,11-16-5-2)17-10-12-6-8-13(15)9-7-12/h6-9,16H,4-5,10-11H2,1-3H3. The molecule has 0 saturated heterocycles. The first-order chi connectivity index (χ1) is 8.09. The lowest BCUT2D eigenvalue weighted by molar-refractivity contribution is -0.0440. The van der Waals surface area contributed by atoms with E-state index in [0.29, 0.717) is 6.61 Å². The van der Waals surface area contributed by atoms with Crippen molar-refractivity contribution in [1.82, 2.24) is 5.32 Å². The average molecular weight is 256 g/mol. The zero-order valence-electron chi connectivity index (χ0n) is 10.9. The van der Waals surface area contributed by atoms with E-state index in [4.69, 9.17) is 16.3 Å². The van der Waals surface area contributed by atoms with Crippen molar-refractivity contribution in [3.63, 3.8) is 0 Å². The highest BCUT2D eigenvalue weighted by Gasteiger charge is 2.21. The Hall–Kier alpha value is -0.570. The van der Waals surface area contributed by atoms with Gasteiger partial charge in [-0.3, -0.25) is 0 Å². The van der Waals surface area contributed by atoms with Crippen LogP contribution in [0.1, 0.15) is 32.8 Å². The molecule has 0 saturated carbocycles. The van der Waals surface area contributed by atoms with E-state index in [0.717, 1.165) is 30.1 Å². The lowest BCUT2D eigenvalue weighted by atomic mass is 10.0. The summed E-state index contributed by atoms with van der Waals surface area (Å²) in [5.41, 5.74) is 1.06. The van der Waals surface area contributed by atoms with Gasteiger partial charge in [-0.2, -0.15) is 0 Å². The Balaban J connectivity index is 2.49. The Bertz CT molecular complexity index is 325. The van der Waals surface area contributed by atoms with Crippen molar-refractivity contribution in [2.24, 2.45) is 0 Å². The highest BCUT2D eigenvalue weighted by molar-refractivity contribution is 6.30. The van der Waals surface area contributed by atoms with Crippen molar-refractivity contribution >= 4 is 11.6 Å². The molecule has 1 atom stereocenters. The third kappa shape index (κ3) is 5.07. The summed E-state index contributed by atoms with van der Waals surface area (Å²) >= 11 is 5.85. The fourth-order valence-corrected chi connectivity index (χ4v) is 1.63. The number of hydrogen-bond donors (Lipinski definition) is 1.